The van der Waals surface area contributed by atoms with Crippen LogP contribution in [0.3, 0.4) is 0 Å². The number of hydrogen-bond donors (Lipinski definition) is 1. The summed E-state index contributed by atoms with van der Waals surface area (Å²) in [6, 6.07) is 6.34. The minimum atomic E-state index is 0. The molecule has 0 radical (unpaired) electrons. The van der Waals surface area contributed by atoms with Crippen molar-refractivity contribution in [2.75, 3.05) is 13.1 Å². The number of nitrogens with zero attached hydrogens (tertiary/aromatic N) is 1. The van der Waals surface area contributed by atoms with Gasteiger partial charge in [0.1, 0.15) is 0 Å². The molecule has 5 heteroatoms. The van der Waals surface area contributed by atoms with Gasteiger partial charge in [0.15, 0.2) is 0 Å². The molecule has 0 aliphatic carbocycles. The molecule has 0 amide bonds. The van der Waals surface area contributed by atoms with Crippen LogP contribution in [-0.2, 0) is 6.54 Å². The van der Waals surface area contributed by atoms with E-state index in [4.69, 9.17) is 28.9 Å². The Balaban J connectivity index is 0.00000144. The first-order valence-electron chi connectivity index (χ1n) is 5.58. The molecule has 0 saturated carbocycles. The molecule has 2 rings (SSSR count). The van der Waals surface area contributed by atoms with E-state index >= 15 is 0 Å². The van der Waals surface area contributed by atoms with Crippen molar-refractivity contribution < 1.29 is 0 Å². The monoisotopic (exact) mass is 294 g/mol. The van der Waals surface area contributed by atoms with E-state index < -0.39 is 0 Å². The molecule has 2 N–H and O–H groups in total. The van der Waals surface area contributed by atoms with Crippen LogP contribution in [0.1, 0.15) is 18.4 Å². The van der Waals surface area contributed by atoms with Gasteiger partial charge in [0, 0.05) is 19.1 Å². The highest BCUT2D eigenvalue weighted by Gasteiger charge is 2.22. The molecular formula is C12H17Cl3N2. The summed E-state index contributed by atoms with van der Waals surface area (Å²) in [4.78, 5) is 2.42. The third-order valence-electron chi connectivity index (χ3n) is 3.14. The summed E-state index contributed by atoms with van der Waals surface area (Å²) >= 11 is 11.9. The van der Waals surface area contributed by atoms with Crippen LogP contribution in [0, 0.1) is 0 Å². The Labute approximate surface area is 118 Å². The van der Waals surface area contributed by atoms with E-state index in [1.165, 1.54) is 18.4 Å². The normalized spacial score (nSPS) is 20.3. The Bertz CT molecular complexity index is 371. The van der Waals surface area contributed by atoms with Crippen molar-refractivity contribution in [2.24, 2.45) is 5.73 Å². The molecule has 1 fully saturated rings. The molecular weight excluding hydrogens is 279 g/mol. The van der Waals surface area contributed by atoms with Gasteiger partial charge in [-0.2, -0.15) is 0 Å². The van der Waals surface area contributed by atoms with Crippen LogP contribution in [0.15, 0.2) is 18.2 Å². The zero-order chi connectivity index (χ0) is 11.5. The third-order valence-corrected chi connectivity index (χ3v) is 3.88. The molecule has 17 heavy (non-hydrogen) atoms. The van der Waals surface area contributed by atoms with E-state index in [1.807, 2.05) is 18.2 Å². The fraction of sp³-hybridized carbons (Fsp3) is 0.500. The van der Waals surface area contributed by atoms with Crippen molar-refractivity contribution in [1.29, 1.82) is 0 Å². The number of benzene rings is 1. The highest BCUT2D eigenvalue weighted by atomic mass is 35.5. The van der Waals surface area contributed by atoms with Crippen LogP contribution in [-0.4, -0.2) is 24.0 Å². The zero-order valence-corrected chi connectivity index (χ0v) is 11.9. The topological polar surface area (TPSA) is 29.3 Å². The van der Waals surface area contributed by atoms with Gasteiger partial charge in [-0.15, -0.1) is 12.4 Å². The summed E-state index contributed by atoms with van der Waals surface area (Å²) in [7, 11) is 0. The van der Waals surface area contributed by atoms with Crippen molar-refractivity contribution >= 4 is 35.6 Å². The minimum Gasteiger partial charge on any atom is -0.329 e. The standard InChI is InChI=1S/C12H16Cl2N2.ClH/c13-11-4-3-9(6-12(11)14)8-16-5-1-2-10(16)7-15;/h3-4,6,10H,1-2,5,7-8,15H2;1H. The van der Waals surface area contributed by atoms with Gasteiger partial charge < -0.3 is 5.73 Å². The first kappa shape index (κ1) is 15.1. The molecule has 1 atom stereocenters. The van der Waals surface area contributed by atoms with E-state index in [0.29, 0.717) is 16.1 Å². The third kappa shape index (κ3) is 3.73. The number of hydrogen-bond acceptors (Lipinski definition) is 2. The van der Waals surface area contributed by atoms with Crippen LogP contribution in [0.4, 0.5) is 0 Å². The first-order valence-corrected chi connectivity index (χ1v) is 6.34. The van der Waals surface area contributed by atoms with Crippen molar-refractivity contribution in [1.82, 2.24) is 4.90 Å². The van der Waals surface area contributed by atoms with Crippen LogP contribution < -0.4 is 5.73 Å². The average Bonchev–Trinajstić information content (AvgIpc) is 2.71. The highest BCUT2D eigenvalue weighted by molar-refractivity contribution is 6.42. The fourth-order valence-electron chi connectivity index (χ4n) is 2.24. The molecule has 1 heterocycles. The van der Waals surface area contributed by atoms with Crippen molar-refractivity contribution in [2.45, 2.75) is 25.4 Å². The van der Waals surface area contributed by atoms with E-state index in [9.17, 15) is 0 Å². The molecule has 1 unspecified atom stereocenters. The van der Waals surface area contributed by atoms with Gasteiger partial charge in [-0.3, -0.25) is 4.90 Å². The Morgan fingerprint density at radius 1 is 1.29 bits per heavy atom. The highest BCUT2D eigenvalue weighted by Crippen LogP contribution is 2.25. The van der Waals surface area contributed by atoms with Crippen molar-refractivity contribution in [3.63, 3.8) is 0 Å². The van der Waals surface area contributed by atoms with Gasteiger partial charge in [0.2, 0.25) is 0 Å². The number of likely N-dealkylation sites (tertiary alicyclic amines) is 1. The van der Waals surface area contributed by atoms with E-state index in [2.05, 4.69) is 4.90 Å². The Morgan fingerprint density at radius 2 is 2.06 bits per heavy atom. The predicted molar refractivity (Wildman–Crippen MR) is 76.2 cm³/mol. The van der Waals surface area contributed by atoms with Crippen LogP contribution in [0.2, 0.25) is 10.0 Å². The van der Waals surface area contributed by atoms with Crippen molar-refractivity contribution in [3.8, 4) is 0 Å². The lowest BCUT2D eigenvalue weighted by molar-refractivity contribution is 0.250. The zero-order valence-electron chi connectivity index (χ0n) is 9.53. The van der Waals surface area contributed by atoms with Gasteiger partial charge in [0.05, 0.1) is 10.0 Å². The van der Waals surface area contributed by atoms with Crippen LogP contribution in [0.25, 0.3) is 0 Å². The fourth-order valence-corrected chi connectivity index (χ4v) is 2.56. The minimum absolute atomic E-state index is 0. The molecule has 1 aromatic carbocycles. The number of rotatable bonds is 3. The Kier molecular flexibility index (Phi) is 6.04. The molecule has 0 aromatic heterocycles. The van der Waals surface area contributed by atoms with E-state index in [1.54, 1.807) is 0 Å². The maximum absolute atomic E-state index is 5.99. The van der Waals surface area contributed by atoms with Crippen LogP contribution in [0.5, 0.6) is 0 Å². The summed E-state index contributed by atoms with van der Waals surface area (Å²) < 4.78 is 0. The summed E-state index contributed by atoms with van der Waals surface area (Å²) in [5.41, 5.74) is 6.95. The SMILES string of the molecule is Cl.NCC1CCCN1Cc1ccc(Cl)c(Cl)c1. The van der Waals surface area contributed by atoms with E-state index in [0.717, 1.165) is 19.6 Å². The summed E-state index contributed by atoms with van der Waals surface area (Å²) in [5.74, 6) is 0. The second-order valence-corrected chi connectivity index (χ2v) is 5.07. The molecule has 1 aliphatic heterocycles. The maximum atomic E-state index is 5.99. The molecule has 1 saturated heterocycles. The number of nitrogens with two attached hydrogens (primary N) is 1. The lowest BCUT2D eigenvalue weighted by atomic mass is 10.2. The largest absolute Gasteiger partial charge is 0.329 e. The smallest absolute Gasteiger partial charge is 0.0595 e. The summed E-state index contributed by atoms with van der Waals surface area (Å²) in [6.45, 7) is 2.78. The van der Waals surface area contributed by atoms with Crippen molar-refractivity contribution in [3.05, 3.63) is 33.8 Å². The quantitative estimate of drug-likeness (QED) is 0.927. The number of halogens is 3. The van der Waals surface area contributed by atoms with Crippen LogP contribution >= 0.6 is 35.6 Å². The Morgan fingerprint density at radius 3 is 2.71 bits per heavy atom. The lowest BCUT2D eigenvalue weighted by Gasteiger charge is -2.23. The summed E-state index contributed by atoms with van der Waals surface area (Å²) in [5, 5.41) is 1.24. The predicted octanol–water partition coefficient (Wildman–Crippen LogP) is 3.34. The molecule has 1 aromatic rings. The van der Waals surface area contributed by atoms with Gasteiger partial charge in [-0.05, 0) is 37.1 Å². The second kappa shape index (κ2) is 6.81. The van der Waals surface area contributed by atoms with Gasteiger partial charge in [-0.1, -0.05) is 29.3 Å². The van der Waals surface area contributed by atoms with Gasteiger partial charge in [0.25, 0.3) is 0 Å². The molecule has 2 nitrogen and oxygen atoms in total. The van der Waals surface area contributed by atoms with Gasteiger partial charge >= 0.3 is 0 Å². The maximum Gasteiger partial charge on any atom is 0.0595 e. The Hall–Kier alpha value is 0.01000. The molecule has 0 spiro atoms. The second-order valence-electron chi connectivity index (χ2n) is 4.25. The van der Waals surface area contributed by atoms with E-state index in [-0.39, 0.29) is 12.4 Å². The molecule has 0 bridgehead atoms. The molecule has 1 aliphatic rings. The molecule has 96 valence electrons. The van der Waals surface area contributed by atoms with Gasteiger partial charge in [-0.25, -0.2) is 0 Å². The first-order chi connectivity index (χ1) is 7.70. The lowest BCUT2D eigenvalue weighted by Crippen LogP contribution is -2.34. The summed E-state index contributed by atoms with van der Waals surface area (Å²) in [6.07, 6.45) is 2.45. The average molecular weight is 296 g/mol.